The first kappa shape index (κ1) is 11.9. The van der Waals surface area contributed by atoms with Crippen molar-refractivity contribution in [3.63, 3.8) is 0 Å². The number of halogens is 2. The predicted molar refractivity (Wildman–Crippen MR) is 62.9 cm³/mol. The summed E-state index contributed by atoms with van der Waals surface area (Å²) in [6.45, 7) is 0.0630. The van der Waals surface area contributed by atoms with Crippen molar-refractivity contribution in [1.82, 2.24) is 0 Å². The van der Waals surface area contributed by atoms with Crippen LogP contribution in [0.4, 0.5) is 0 Å². The van der Waals surface area contributed by atoms with E-state index in [-0.39, 0.29) is 6.61 Å². The van der Waals surface area contributed by atoms with Crippen molar-refractivity contribution in [3.8, 4) is 0 Å². The summed E-state index contributed by atoms with van der Waals surface area (Å²) in [5.74, 6) is 0.653. The second kappa shape index (κ2) is 6.36. The van der Waals surface area contributed by atoms with Crippen LogP contribution in [0.5, 0.6) is 0 Å². The highest BCUT2D eigenvalue weighted by atomic mass is 35.5. The molecule has 0 unspecified atom stereocenters. The molecule has 0 amide bonds. The maximum atomic E-state index is 8.92. The van der Waals surface area contributed by atoms with E-state index in [1.165, 1.54) is 5.54 Å². The molecule has 0 aromatic heterocycles. The summed E-state index contributed by atoms with van der Waals surface area (Å²) >= 11 is 12.8. The van der Waals surface area contributed by atoms with Crippen LogP contribution >= 0.6 is 35.0 Å². The molecule has 0 radical (unpaired) electrons. The fraction of sp³-hybridized carbons (Fsp3) is 0.200. The lowest BCUT2D eigenvalue weighted by molar-refractivity contribution is 0.281. The van der Waals surface area contributed by atoms with Crippen LogP contribution in [0, 0.1) is 0 Å². The number of thioether (sulfide) groups is 1. The van der Waals surface area contributed by atoms with Crippen molar-refractivity contribution >= 4 is 35.0 Å². The molecule has 14 heavy (non-hydrogen) atoms. The number of aliphatic hydroxyl groups excluding tert-OH is 1. The molecule has 0 aliphatic rings. The lowest BCUT2D eigenvalue weighted by Gasteiger charge is -2.02. The van der Waals surface area contributed by atoms with Crippen molar-refractivity contribution in [1.29, 1.82) is 0 Å². The second-order valence-corrected chi connectivity index (χ2v) is 4.40. The van der Waals surface area contributed by atoms with Gasteiger partial charge in [0, 0.05) is 21.2 Å². The number of hydrogen-bond acceptors (Lipinski definition) is 2. The monoisotopic (exact) mass is 248 g/mol. The molecule has 0 saturated heterocycles. The van der Waals surface area contributed by atoms with Crippen molar-refractivity contribution < 1.29 is 5.11 Å². The molecule has 1 N–H and O–H groups in total. The molecule has 0 aliphatic carbocycles. The number of aliphatic hydroxyl groups is 1. The van der Waals surface area contributed by atoms with Gasteiger partial charge in [-0.25, -0.2) is 0 Å². The summed E-state index contributed by atoms with van der Waals surface area (Å²) in [7, 11) is 0. The molecular weight excluding hydrogens is 239 g/mol. The van der Waals surface area contributed by atoms with E-state index in [1.807, 2.05) is 24.3 Å². The van der Waals surface area contributed by atoms with Crippen LogP contribution in [0.15, 0.2) is 39.7 Å². The Morgan fingerprint density at radius 3 is 2.93 bits per heavy atom. The average Bonchev–Trinajstić information content (AvgIpc) is 2.26. The lowest BCUT2D eigenvalue weighted by atomic mass is 10.2. The minimum Gasteiger partial charge on any atom is -0.392 e. The third kappa shape index (κ3) is 3.93. The first-order chi connectivity index (χ1) is 6.76. The third-order valence-corrected chi connectivity index (χ3v) is 3.40. The second-order valence-electron chi connectivity index (χ2n) is 2.65. The Morgan fingerprint density at radius 1 is 1.50 bits per heavy atom. The lowest BCUT2D eigenvalue weighted by Crippen LogP contribution is -1.84. The Labute approximate surface area is 97.7 Å². The molecule has 0 atom stereocenters. The quantitative estimate of drug-likeness (QED) is 0.823. The van der Waals surface area contributed by atoms with E-state index in [2.05, 4.69) is 0 Å². The predicted octanol–water partition coefficient (Wildman–Crippen LogP) is 3.59. The highest BCUT2D eigenvalue weighted by molar-refractivity contribution is 7.99. The van der Waals surface area contributed by atoms with Gasteiger partial charge in [-0.2, -0.15) is 0 Å². The molecule has 4 heteroatoms. The zero-order chi connectivity index (χ0) is 10.4. The Kier molecular flexibility index (Phi) is 5.41. The molecule has 0 bridgehead atoms. The molecule has 1 nitrogen and oxygen atoms in total. The van der Waals surface area contributed by atoms with Gasteiger partial charge >= 0.3 is 0 Å². The molecule has 0 heterocycles. The standard InChI is InChI=1S/C10H10Cl2OS/c11-5-9(12)7-14-10-3-1-2-8(4-10)6-13/h1-5,13H,6-7H2. The van der Waals surface area contributed by atoms with E-state index in [1.54, 1.807) is 11.8 Å². The van der Waals surface area contributed by atoms with E-state index in [0.717, 1.165) is 10.5 Å². The van der Waals surface area contributed by atoms with E-state index >= 15 is 0 Å². The fourth-order valence-corrected chi connectivity index (χ4v) is 2.05. The SMILES string of the molecule is OCc1cccc(SCC(Cl)=CCl)c1. The molecular formula is C10H10Cl2OS. The third-order valence-electron chi connectivity index (χ3n) is 1.58. The number of rotatable bonds is 4. The van der Waals surface area contributed by atoms with Crippen LogP contribution in [0.25, 0.3) is 0 Å². The van der Waals surface area contributed by atoms with Crippen LogP contribution < -0.4 is 0 Å². The van der Waals surface area contributed by atoms with Crippen LogP contribution in [-0.2, 0) is 6.61 Å². The first-order valence-corrected chi connectivity index (χ1v) is 5.83. The fourth-order valence-electron chi connectivity index (χ4n) is 0.917. The molecule has 0 saturated carbocycles. The molecule has 0 fully saturated rings. The van der Waals surface area contributed by atoms with E-state index in [9.17, 15) is 0 Å². The normalized spacial score (nSPS) is 11.8. The Morgan fingerprint density at radius 2 is 2.29 bits per heavy atom. The highest BCUT2D eigenvalue weighted by Gasteiger charge is 1.97. The van der Waals surface area contributed by atoms with Gasteiger partial charge in [-0.05, 0) is 17.7 Å². The summed E-state index contributed by atoms with van der Waals surface area (Å²) in [5, 5.41) is 9.53. The van der Waals surface area contributed by atoms with E-state index < -0.39 is 0 Å². The summed E-state index contributed by atoms with van der Waals surface area (Å²) < 4.78 is 0. The summed E-state index contributed by atoms with van der Waals surface area (Å²) in [6, 6.07) is 7.69. The van der Waals surface area contributed by atoms with Crippen LogP contribution in [0.2, 0.25) is 0 Å². The van der Waals surface area contributed by atoms with Gasteiger partial charge in [0.25, 0.3) is 0 Å². The topological polar surface area (TPSA) is 20.2 Å². The van der Waals surface area contributed by atoms with Gasteiger partial charge in [0.05, 0.1) is 6.61 Å². The van der Waals surface area contributed by atoms with Crippen molar-refractivity contribution in [2.24, 2.45) is 0 Å². The van der Waals surface area contributed by atoms with Gasteiger partial charge in [-0.1, -0.05) is 35.3 Å². The van der Waals surface area contributed by atoms with Gasteiger partial charge in [-0.3, -0.25) is 0 Å². The van der Waals surface area contributed by atoms with Crippen LogP contribution in [0.1, 0.15) is 5.56 Å². The zero-order valence-corrected chi connectivity index (χ0v) is 9.74. The minimum atomic E-state index is 0.0630. The maximum absolute atomic E-state index is 8.92. The van der Waals surface area contributed by atoms with Gasteiger partial charge < -0.3 is 5.11 Å². The van der Waals surface area contributed by atoms with Crippen molar-refractivity contribution in [3.05, 3.63) is 40.4 Å². The summed E-state index contributed by atoms with van der Waals surface area (Å²) in [6.07, 6.45) is 0. The van der Waals surface area contributed by atoms with Gasteiger partial charge in [0.15, 0.2) is 0 Å². The number of benzene rings is 1. The molecule has 1 rings (SSSR count). The Balaban J connectivity index is 2.58. The smallest absolute Gasteiger partial charge is 0.0682 e. The first-order valence-electron chi connectivity index (χ1n) is 4.03. The number of hydrogen-bond donors (Lipinski definition) is 1. The van der Waals surface area contributed by atoms with Gasteiger partial charge in [0.1, 0.15) is 0 Å². The molecule has 0 aliphatic heterocycles. The molecule has 1 aromatic rings. The Hall–Kier alpha value is -0.150. The van der Waals surface area contributed by atoms with Crippen LogP contribution in [-0.4, -0.2) is 10.9 Å². The molecule has 0 spiro atoms. The molecule has 76 valence electrons. The molecule has 1 aromatic carbocycles. The Bertz CT molecular complexity index is 326. The van der Waals surface area contributed by atoms with Gasteiger partial charge in [0.2, 0.25) is 0 Å². The highest BCUT2D eigenvalue weighted by Crippen LogP contribution is 2.23. The summed E-state index contributed by atoms with van der Waals surface area (Å²) in [4.78, 5) is 1.08. The zero-order valence-electron chi connectivity index (χ0n) is 7.41. The van der Waals surface area contributed by atoms with Crippen molar-refractivity contribution in [2.75, 3.05) is 5.75 Å². The largest absolute Gasteiger partial charge is 0.392 e. The minimum absolute atomic E-state index is 0.0630. The average molecular weight is 249 g/mol. The van der Waals surface area contributed by atoms with Crippen LogP contribution in [0.3, 0.4) is 0 Å². The van der Waals surface area contributed by atoms with Crippen molar-refractivity contribution in [2.45, 2.75) is 11.5 Å². The van der Waals surface area contributed by atoms with Gasteiger partial charge in [-0.15, -0.1) is 11.8 Å². The van der Waals surface area contributed by atoms with E-state index in [0.29, 0.717) is 10.8 Å². The summed E-state index contributed by atoms with van der Waals surface area (Å²) in [5.41, 5.74) is 2.27. The van der Waals surface area contributed by atoms with E-state index in [4.69, 9.17) is 28.3 Å². The maximum Gasteiger partial charge on any atom is 0.0682 e.